The molecule has 4 saturated carbocycles. The lowest BCUT2D eigenvalue weighted by molar-refractivity contribution is -0.199. The normalized spacial score (nSPS) is 46.2. The molecule has 36 heavy (non-hydrogen) atoms. The number of amides is 1. The van der Waals surface area contributed by atoms with Crippen molar-refractivity contribution in [3.63, 3.8) is 0 Å². The largest absolute Gasteiger partial charge is 0.393 e. The van der Waals surface area contributed by atoms with Crippen molar-refractivity contribution in [1.29, 1.82) is 0 Å². The van der Waals surface area contributed by atoms with Crippen LogP contribution in [0.25, 0.3) is 0 Å². The molecule has 0 aliphatic heterocycles. The average Bonchev–Trinajstić information content (AvgIpc) is 3.14. The Morgan fingerprint density at radius 3 is 2.31 bits per heavy atom. The Labute approximate surface area is 217 Å². The average molecular weight is 528 g/mol. The van der Waals surface area contributed by atoms with E-state index in [0.29, 0.717) is 35.5 Å². The third-order valence-electron chi connectivity index (χ3n) is 11.7. The van der Waals surface area contributed by atoms with E-state index >= 15 is 0 Å². The van der Waals surface area contributed by atoms with E-state index in [1.54, 1.807) is 0 Å². The maximum absolute atomic E-state index is 12.6. The lowest BCUT2D eigenvalue weighted by atomic mass is 9.42. The predicted molar refractivity (Wildman–Crippen MR) is 140 cm³/mol. The minimum Gasteiger partial charge on any atom is -0.393 e. The van der Waals surface area contributed by atoms with Crippen LogP contribution >= 0.6 is 0 Å². The van der Waals surface area contributed by atoms with Gasteiger partial charge in [0.25, 0.3) is 10.1 Å². The van der Waals surface area contributed by atoms with Gasteiger partial charge in [-0.05, 0) is 104 Å². The molecule has 4 aliphatic rings. The van der Waals surface area contributed by atoms with Gasteiger partial charge in [0, 0.05) is 12.5 Å². The number of aliphatic hydroxyl groups is 2. The first-order chi connectivity index (χ1) is 16.7. The molecule has 12 atom stereocenters. The molecule has 4 fully saturated rings. The standard InChI is InChI=1S/C28H49NO6S/c1-16(14-17(2)26(32)29-12-13-36(33,34)35)20-6-7-21-24-22(9-11-27(20,21)4)28(5)10-8-19(30)15-23(28)18(3)25(24)31/h16-25,30-31H,6-15H2,1-5H3,(H,29,32)(H,33,34,35)/t16-,17+,18-,19-,20-,21?,22?,23?,24?,25-,27-,28-/m1/s1. The van der Waals surface area contributed by atoms with Crippen molar-refractivity contribution in [3.05, 3.63) is 0 Å². The van der Waals surface area contributed by atoms with Crippen LogP contribution in [0.15, 0.2) is 0 Å². The molecule has 0 spiro atoms. The second-order valence-electron chi connectivity index (χ2n) is 13.6. The Hall–Kier alpha value is -0.700. The highest BCUT2D eigenvalue weighted by molar-refractivity contribution is 7.85. The molecule has 4 unspecified atom stereocenters. The summed E-state index contributed by atoms with van der Waals surface area (Å²) in [6, 6.07) is 0. The molecule has 8 heteroatoms. The fourth-order valence-corrected chi connectivity index (χ4v) is 10.3. The Kier molecular flexibility index (Phi) is 7.96. The molecule has 0 aromatic heterocycles. The molecule has 0 saturated heterocycles. The number of nitrogens with one attached hydrogen (secondary N) is 1. The van der Waals surface area contributed by atoms with Gasteiger partial charge < -0.3 is 15.5 Å². The second-order valence-corrected chi connectivity index (χ2v) is 15.2. The fraction of sp³-hybridized carbons (Fsp3) is 0.964. The molecule has 4 aliphatic carbocycles. The summed E-state index contributed by atoms with van der Waals surface area (Å²) in [7, 11) is -4.08. The molecule has 4 rings (SSSR count). The molecule has 0 aromatic rings. The van der Waals surface area contributed by atoms with E-state index in [9.17, 15) is 23.4 Å². The Morgan fingerprint density at radius 2 is 1.64 bits per heavy atom. The zero-order valence-electron chi connectivity index (χ0n) is 22.8. The van der Waals surface area contributed by atoms with Crippen LogP contribution in [-0.4, -0.2) is 53.6 Å². The first-order valence-corrected chi connectivity index (χ1v) is 15.9. The maximum atomic E-state index is 12.6. The van der Waals surface area contributed by atoms with Crippen molar-refractivity contribution in [2.24, 2.45) is 58.2 Å². The molecule has 208 valence electrons. The molecule has 7 nitrogen and oxygen atoms in total. The number of fused-ring (bicyclic) bond motifs is 5. The number of carbonyl (C=O) groups is 1. The van der Waals surface area contributed by atoms with Crippen LogP contribution in [-0.2, 0) is 14.9 Å². The van der Waals surface area contributed by atoms with Crippen molar-refractivity contribution < 1.29 is 28.0 Å². The maximum Gasteiger partial charge on any atom is 0.266 e. The lowest BCUT2D eigenvalue weighted by Gasteiger charge is -2.64. The van der Waals surface area contributed by atoms with Gasteiger partial charge in [-0.2, -0.15) is 8.42 Å². The molecule has 0 heterocycles. The molecular formula is C28H49NO6S. The topological polar surface area (TPSA) is 124 Å². The van der Waals surface area contributed by atoms with Gasteiger partial charge in [0.05, 0.1) is 18.0 Å². The smallest absolute Gasteiger partial charge is 0.266 e. The van der Waals surface area contributed by atoms with E-state index in [1.807, 2.05) is 6.92 Å². The van der Waals surface area contributed by atoms with E-state index in [0.717, 1.165) is 51.4 Å². The third-order valence-corrected chi connectivity index (χ3v) is 12.4. The highest BCUT2D eigenvalue weighted by Crippen LogP contribution is 2.69. The molecule has 1 amide bonds. The summed E-state index contributed by atoms with van der Waals surface area (Å²) in [6.45, 7) is 11.2. The summed E-state index contributed by atoms with van der Waals surface area (Å²) in [5.41, 5.74) is 0.349. The van der Waals surface area contributed by atoms with Crippen molar-refractivity contribution in [1.82, 2.24) is 5.32 Å². The van der Waals surface area contributed by atoms with Gasteiger partial charge in [-0.1, -0.05) is 34.6 Å². The number of rotatable bonds is 7. The molecule has 0 radical (unpaired) electrons. The zero-order chi connectivity index (χ0) is 26.6. The minimum atomic E-state index is -4.08. The van der Waals surface area contributed by atoms with Crippen molar-refractivity contribution in [3.8, 4) is 0 Å². The summed E-state index contributed by atoms with van der Waals surface area (Å²) >= 11 is 0. The van der Waals surface area contributed by atoms with Gasteiger partial charge in [0.2, 0.25) is 5.91 Å². The summed E-state index contributed by atoms with van der Waals surface area (Å²) in [6.07, 6.45) is 7.52. The summed E-state index contributed by atoms with van der Waals surface area (Å²) in [5, 5.41) is 24.7. The van der Waals surface area contributed by atoms with Crippen molar-refractivity contribution in [2.75, 3.05) is 12.3 Å². The SMILES string of the molecule is C[C@H](C[C@H](C)C(=O)NCCS(=O)(=O)O)[C@H]1CCC2C3C(CC[C@@]21C)[C@@]1(C)CC[C@@H](O)CC1[C@@H](C)[C@H]3O. The van der Waals surface area contributed by atoms with Crippen LogP contribution in [0.3, 0.4) is 0 Å². The van der Waals surface area contributed by atoms with Crippen molar-refractivity contribution in [2.45, 2.75) is 98.2 Å². The van der Waals surface area contributed by atoms with Crippen LogP contribution in [0, 0.1) is 58.2 Å². The highest BCUT2D eigenvalue weighted by atomic mass is 32.2. The molecule has 0 bridgehead atoms. The number of aliphatic hydroxyl groups excluding tert-OH is 2. The monoisotopic (exact) mass is 527 g/mol. The fourth-order valence-electron chi connectivity index (χ4n) is 9.93. The summed E-state index contributed by atoms with van der Waals surface area (Å²) in [5.74, 6) is 1.90. The van der Waals surface area contributed by atoms with Gasteiger partial charge in [0.1, 0.15) is 0 Å². The first-order valence-electron chi connectivity index (χ1n) is 14.3. The summed E-state index contributed by atoms with van der Waals surface area (Å²) < 4.78 is 30.8. The van der Waals surface area contributed by atoms with E-state index in [2.05, 4.69) is 33.0 Å². The third kappa shape index (κ3) is 5.01. The van der Waals surface area contributed by atoms with Gasteiger partial charge in [0.15, 0.2) is 0 Å². The van der Waals surface area contributed by atoms with Crippen LogP contribution in [0.5, 0.6) is 0 Å². The van der Waals surface area contributed by atoms with Crippen LogP contribution in [0.1, 0.15) is 86.0 Å². The van der Waals surface area contributed by atoms with E-state index in [4.69, 9.17) is 4.55 Å². The van der Waals surface area contributed by atoms with E-state index in [1.165, 1.54) is 0 Å². The molecule has 0 aromatic carbocycles. The number of carbonyl (C=O) groups excluding carboxylic acids is 1. The lowest BCUT2D eigenvalue weighted by Crippen LogP contribution is -2.61. The minimum absolute atomic E-state index is 0.0739. The number of hydrogen-bond donors (Lipinski definition) is 4. The van der Waals surface area contributed by atoms with Gasteiger partial charge in [-0.15, -0.1) is 0 Å². The predicted octanol–water partition coefficient (Wildman–Crippen LogP) is 3.89. The second kappa shape index (κ2) is 10.1. The Bertz CT molecular complexity index is 925. The zero-order valence-corrected chi connectivity index (χ0v) is 23.6. The van der Waals surface area contributed by atoms with Crippen LogP contribution < -0.4 is 5.32 Å². The van der Waals surface area contributed by atoms with Gasteiger partial charge >= 0.3 is 0 Å². The number of hydrogen-bond acceptors (Lipinski definition) is 5. The van der Waals surface area contributed by atoms with E-state index < -0.39 is 15.9 Å². The van der Waals surface area contributed by atoms with Gasteiger partial charge in [-0.3, -0.25) is 9.35 Å². The van der Waals surface area contributed by atoms with Crippen LogP contribution in [0.4, 0.5) is 0 Å². The first kappa shape index (κ1) is 28.3. The quantitative estimate of drug-likeness (QED) is 0.373. The Morgan fingerprint density at radius 1 is 1.00 bits per heavy atom. The molecule has 4 N–H and O–H groups in total. The summed E-state index contributed by atoms with van der Waals surface area (Å²) in [4.78, 5) is 12.6. The molecular weight excluding hydrogens is 478 g/mol. The highest BCUT2D eigenvalue weighted by Gasteiger charge is 2.64. The van der Waals surface area contributed by atoms with Crippen LogP contribution in [0.2, 0.25) is 0 Å². The van der Waals surface area contributed by atoms with Crippen molar-refractivity contribution >= 4 is 16.0 Å². The Balaban J connectivity index is 1.45. The van der Waals surface area contributed by atoms with E-state index in [-0.39, 0.29) is 47.3 Å². The van der Waals surface area contributed by atoms with Gasteiger partial charge in [-0.25, -0.2) is 0 Å².